The Balaban J connectivity index is 2.64. The first-order chi connectivity index (χ1) is 6.75. The predicted octanol–water partition coefficient (Wildman–Crippen LogP) is 0.293. The highest BCUT2D eigenvalue weighted by molar-refractivity contribution is 6.59. The van der Waals surface area contributed by atoms with Crippen LogP contribution in [0.1, 0.15) is 18.9 Å². The van der Waals surface area contributed by atoms with Crippen molar-refractivity contribution in [3.63, 3.8) is 0 Å². The van der Waals surface area contributed by atoms with E-state index in [-0.39, 0.29) is 0 Å². The van der Waals surface area contributed by atoms with Gasteiger partial charge in [-0.05, 0) is 17.4 Å². The van der Waals surface area contributed by atoms with Crippen molar-refractivity contribution in [2.75, 3.05) is 6.61 Å². The molecule has 1 aromatic carbocycles. The molecule has 1 aromatic rings. The summed E-state index contributed by atoms with van der Waals surface area (Å²) < 4.78 is 5.34. The summed E-state index contributed by atoms with van der Waals surface area (Å²) >= 11 is 0. The number of hydrogen-bond donors (Lipinski definition) is 2. The van der Waals surface area contributed by atoms with Crippen LogP contribution in [0.3, 0.4) is 0 Å². The van der Waals surface area contributed by atoms with E-state index in [1.165, 1.54) is 0 Å². The fourth-order valence-electron chi connectivity index (χ4n) is 1.24. The molecule has 0 bridgehead atoms. The summed E-state index contributed by atoms with van der Waals surface area (Å²) in [7, 11) is -1.42. The fraction of sp³-hybridized carbons (Fsp3) is 0.400. The summed E-state index contributed by atoms with van der Waals surface area (Å²) in [6.45, 7) is 3.16. The summed E-state index contributed by atoms with van der Waals surface area (Å²) in [5, 5.41) is 18.1. The van der Waals surface area contributed by atoms with Gasteiger partial charge >= 0.3 is 7.12 Å². The Hall–Kier alpha value is -0.835. The van der Waals surface area contributed by atoms with Crippen molar-refractivity contribution in [3.8, 4) is 0 Å². The molecular weight excluding hydrogens is 179 g/mol. The second-order valence-corrected chi connectivity index (χ2v) is 3.13. The highest BCUT2D eigenvalue weighted by Gasteiger charge is 2.14. The van der Waals surface area contributed by atoms with Crippen molar-refractivity contribution < 1.29 is 14.8 Å². The van der Waals surface area contributed by atoms with Crippen molar-refractivity contribution in [1.29, 1.82) is 0 Å². The van der Waals surface area contributed by atoms with Gasteiger partial charge in [0.05, 0.1) is 6.61 Å². The molecule has 0 aromatic heterocycles. The van der Waals surface area contributed by atoms with Gasteiger partial charge < -0.3 is 14.8 Å². The minimum Gasteiger partial charge on any atom is -0.423 e. The zero-order valence-corrected chi connectivity index (χ0v) is 8.31. The molecule has 0 aliphatic rings. The lowest BCUT2D eigenvalue weighted by molar-refractivity contribution is 0.122. The Morgan fingerprint density at radius 1 is 1.29 bits per heavy atom. The molecule has 0 spiro atoms. The third kappa shape index (κ3) is 3.14. The van der Waals surface area contributed by atoms with Crippen molar-refractivity contribution in [3.05, 3.63) is 29.8 Å². The standard InChI is InChI=1S/C10H15BO3/c1-2-7-14-8-9-5-3-4-6-10(9)11(12)13/h3-6,12-13H,2,7-8H2,1H3. The normalized spacial score (nSPS) is 10.2. The predicted molar refractivity (Wildman–Crippen MR) is 56.2 cm³/mol. The molecule has 0 aliphatic heterocycles. The maximum atomic E-state index is 9.06. The molecule has 2 N–H and O–H groups in total. The topological polar surface area (TPSA) is 49.7 Å². The van der Waals surface area contributed by atoms with Gasteiger partial charge in [-0.3, -0.25) is 0 Å². The quantitative estimate of drug-likeness (QED) is 0.523. The van der Waals surface area contributed by atoms with Gasteiger partial charge in [0, 0.05) is 6.61 Å². The molecule has 0 fully saturated rings. The van der Waals surface area contributed by atoms with E-state index in [1.807, 2.05) is 19.1 Å². The lowest BCUT2D eigenvalue weighted by Gasteiger charge is -2.08. The molecule has 4 heteroatoms. The van der Waals surface area contributed by atoms with Crippen LogP contribution in [0.15, 0.2) is 24.3 Å². The van der Waals surface area contributed by atoms with Gasteiger partial charge in [-0.2, -0.15) is 0 Å². The van der Waals surface area contributed by atoms with Gasteiger partial charge in [-0.1, -0.05) is 31.2 Å². The van der Waals surface area contributed by atoms with Gasteiger partial charge in [0.15, 0.2) is 0 Å². The molecule has 0 aliphatic carbocycles. The van der Waals surface area contributed by atoms with E-state index in [0.717, 1.165) is 12.0 Å². The summed E-state index contributed by atoms with van der Waals surface area (Å²) in [4.78, 5) is 0. The van der Waals surface area contributed by atoms with Crippen LogP contribution in [0.2, 0.25) is 0 Å². The van der Waals surface area contributed by atoms with E-state index >= 15 is 0 Å². The molecule has 0 atom stereocenters. The molecule has 3 nitrogen and oxygen atoms in total. The molecule has 0 amide bonds. The van der Waals surface area contributed by atoms with Crippen molar-refractivity contribution in [2.24, 2.45) is 0 Å². The van der Waals surface area contributed by atoms with Crippen LogP contribution in [-0.4, -0.2) is 23.8 Å². The van der Waals surface area contributed by atoms with Gasteiger partial charge in [-0.25, -0.2) is 0 Å². The number of rotatable bonds is 5. The van der Waals surface area contributed by atoms with Gasteiger partial charge in [0.2, 0.25) is 0 Å². The van der Waals surface area contributed by atoms with Gasteiger partial charge in [0.1, 0.15) is 0 Å². The third-order valence-electron chi connectivity index (χ3n) is 1.94. The minimum absolute atomic E-state index is 0.432. The molecule has 0 heterocycles. The summed E-state index contributed by atoms with van der Waals surface area (Å²) in [6.07, 6.45) is 0.962. The Bertz CT molecular complexity index is 276. The first-order valence-corrected chi connectivity index (χ1v) is 4.77. The van der Waals surface area contributed by atoms with Crippen LogP contribution < -0.4 is 5.46 Å². The van der Waals surface area contributed by atoms with Crippen molar-refractivity contribution in [1.82, 2.24) is 0 Å². The number of hydrogen-bond acceptors (Lipinski definition) is 3. The Labute approximate surface area is 84.5 Å². The van der Waals surface area contributed by atoms with Crippen LogP contribution >= 0.6 is 0 Å². The molecule has 0 radical (unpaired) electrons. The third-order valence-corrected chi connectivity index (χ3v) is 1.94. The Morgan fingerprint density at radius 2 is 2.00 bits per heavy atom. The molecule has 0 saturated heterocycles. The fourth-order valence-corrected chi connectivity index (χ4v) is 1.24. The second-order valence-electron chi connectivity index (χ2n) is 3.13. The Kier molecular flexibility index (Phi) is 4.66. The summed E-state index contributed by atoms with van der Waals surface area (Å²) in [5.41, 5.74) is 1.35. The first kappa shape index (κ1) is 11.2. The lowest BCUT2D eigenvalue weighted by Crippen LogP contribution is -2.33. The van der Waals surface area contributed by atoms with Gasteiger partial charge in [-0.15, -0.1) is 0 Å². The van der Waals surface area contributed by atoms with E-state index in [2.05, 4.69) is 0 Å². The van der Waals surface area contributed by atoms with Crippen LogP contribution in [0, 0.1) is 0 Å². The SMILES string of the molecule is CCCOCc1ccccc1B(O)O. The van der Waals surface area contributed by atoms with Crippen LogP contribution in [0.25, 0.3) is 0 Å². The monoisotopic (exact) mass is 194 g/mol. The zero-order valence-electron chi connectivity index (χ0n) is 8.31. The summed E-state index contributed by atoms with van der Waals surface area (Å²) in [5.74, 6) is 0. The lowest BCUT2D eigenvalue weighted by atomic mass is 9.77. The average Bonchev–Trinajstić information content (AvgIpc) is 2.19. The van der Waals surface area contributed by atoms with E-state index in [4.69, 9.17) is 14.8 Å². The molecule has 0 saturated carbocycles. The molecular formula is C10H15BO3. The van der Waals surface area contributed by atoms with Crippen LogP contribution in [-0.2, 0) is 11.3 Å². The molecule has 76 valence electrons. The van der Waals surface area contributed by atoms with E-state index in [9.17, 15) is 0 Å². The van der Waals surface area contributed by atoms with Crippen LogP contribution in [0.4, 0.5) is 0 Å². The largest absolute Gasteiger partial charge is 0.488 e. The van der Waals surface area contributed by atoms with E-state index in [1.54, 1.807) is 12.1 Å². The molecule has 1 rings (SSSR count). The van der Waals surface area contributed by atoms with Gasteiger partial charge in [0.25, 0.3) is 0 Å². The molecule has 0 unspecified atom stereocenters. The highest BCUT2D eigenvalue weighted by atomic mass is 16.5. The number of benzene rings is 1. The smallest absolute Gasteiger partial charge is 0.423 e. The maximum absolute atomic E-state index is 9.06. The van der Waals surface area contributed by atoms with E-state index < -0.39 is 7.12 Å². The minimum atomic E-state index is -1.42. The highest BCUT2D eigenvalue weighted by Crippen LogP contribution is 1.99. The van der Waals surface area contributed by atoms with Crippen molar-refractivity contribution in [2.45, 2.75) is 20.0 Å². The molecule has 14 heavy (non-hydrogen) atoms. The maximum Gasteiger partial charge on any atom is 0.488 e. The van der Waals surface area contributed by atoms with Crippen molar-refractivity contribution >= 4 is 12.6 Å². The number of ether oxygens (including phenoxy) is 1. The summed E-state index contributed by atoms with van der Waals surface area (Å²) in [6, 6.07) is 7.16. The second kappa shape index (κ2) is 5.80. The van der Waals surface area contributed by atoms with E-state index in [0.29, 0.717) is 18.7 Å². The first-order valence-electron chi connectivity index (χ1n) is 4.77. The van der Waals surface area contributed by atoms with Crippen LogP contribution in [0.5, 0.6) is 0 Å². The zero-order chi connectivity index (χ0) is 10.4. The average molecular weight is 194 g/mol. The Morgan fingerprint density at radius 3 is 2.64 bits per heavy atom.